The SMILES string of the molecule is CC(=O)N1CCC(CN2C(=O)C(C)(c3cccc(-c4cccc(C)c4)c3)N=C2N)CC1.CC(C)CN1C(=O)C(c2cccc(-c3cccc(Cl)c3)c2)(C2CC2)N=C1N.CCCCN1C(=O)C(c2cccc(-c3cccc(Cl)c3)c2)(C2CC2)N=C1N.CN1C(=O)C(c2ccccc2)(c2cccc(NC(=O)c3ccccn3)c2)N=C1N.Cc1ccc(C(=O)N[C@@H]2CCC[C@H](C[C@@]3(CCC4CCCCC4)N=C(N)N(C)C3=O)C2)cn1. The molecule has 10 aliphatic rings. The van der Waals surface area contributed by atoms with Crippen molar-refractivity contribution in [3.8, 4) is 33.4 Å². The van der Waals surface area contributed by atoms with Crippen molar-refractivity contribution in [2.45, 2.75) is 211 Å². The molecule has 10 aromatic rings. The quantitative estimate of drug-likeness (QED) is 0.0265. The average Bonchev–Trinajstić information content (AvgIpc) is 1.57. The molecule has 6 aliphatic heterocycles. The highest BCUT2D eigenvalue weighted by Gasteiger charge is 2.60. The summed E-state index contributed by atoms with van der Waals surface area (Å²) in [5, 5.41) is 7.41. The van der Waals surface area contributed by atoms with E-state index in [0.717, 1.165) is 165 Å². The van der Waals surface area contributed by atoms with Crippen LogP contribution in [0.25, 0.3) is 33.4 Å². The molecule has 30 heteroatoms. The summed E-state index contributed by atoms with van der Waals surface area (Å²) in [7, 11) is 3.33. The van der Waals surface area contributed by atoms with Crippen molar-refractivity contribution < 1.29 is 38.4 Å². The van der Waals surface area contributed by atoms with Gasteiger partial charge in [-0.25, -0.2) is 25.0 Å². The second-order valence-corrected chi connectivity index (χ2v) is 42.2. The van der Waals surface area contributed by atoms with Crippen molar-refractivity contribution in [1.82, 2.24) is 44.7 Å². The molecule has 0 bridgehead atoms. The highest BCUT2D eigenvalue weighted by molar-refractivity contribution is 6.31. The number of likely N-dealkylation sites (N-methyl/N-ethyl adjacent to an activating group) is 2. The summed E-state index contributed by atoms with van der Waals surface area (Å²) in [5.74, 6) is 3.05. The van der Waals surface area contributed by atoms with Crippen molar-refractivity contribution in [3.05, 3.63) is 303 Å². The van der Waals surface area contributed by atoms with Crippen molar-refractivity contribution in [3.63, 3.8) is 0 Å². The van der Waals surface area contributed by atoms with Crippen LogP contribution in [0.1, 0.15) is 223 Å². The van der Waals surface area contributed by atoms with E-state index in [1.54, 1.807) is 90.6 Å². The Labute approximate surface area is 872 Å². The normalized spacial score (nSPS) is 22.9. The maximum atomic E-state index is 13.5. The van der Waals surface area contributed by atoms with E-state index < -0.39 is 27.7 Å². The summed E-state index contributed by atoms with van der Waals surface area (Å²) in [6.07, 6.45) is 23.9. The van der Waals surface area contributed by atoms with E-state index in [4.69, 9.17) is 66.8 Å². The third kappa shape index (κ3) is 23.4. The van der Waals surface area contributed by atoms with Crippen molar-refractivity contribution in [1.29, 1.82) is 0 Å². The number of anilines is 1. The van der Waals surface area contributed by atoms with E-state index in [2.05, 4.69) is 94.7 Å². The fourth-order valence-corrected chi connectivity index (χ4v) is 22.2. The Kier molecular flexibility index (Phi) is 32.9. The number of unbranched alkanes of at least 4 members (excludes halogenated alkanes) is 1. The number of nitrogens with zero attached hydrogens (tertiary/aromatic N) is 13. The van der Waals surface area contributed by atoms with E-state index in [0.29, 0.717) is 99.3 Å². The fourth-order valence-electron chi connectivity index (χ4n) is 21.9. The van der Waals surface area contributed by atoms with Gasteiger partial charge in [0.2, 0.25) is 5.91 Å². The van der Waals surface area contributed by atoms with Crippen LogP contribution in [-0.4, -0.2) is 175 Å². The zero-order valence-corrected chi connectivity index (χ0v) is 87.0. The van der Waals surface area contributed by atoms with Crippen LogP contribution in [0.4, 0.5) is 5.69 Å². The topological polar surface area (TPSA) is 398 Å². The number of benzene rings is 8. The Morgan fingerprint density at radius 2 is 1.00 bits per heavy atom. The number of halogens is 2. The monoisotopic (exact) mass is 2020 g/mol. The van der Waals surface area contributed by atoms with E-state index >= 15 is 0 Å². The zero-order chi connectivity index (χ0) is 104. The number of amides is 8. The molecule has 8 aromatic carbocycles. The summed E-state index contributed by atoms with van der Waals surface area (Å²) in [4.78, 5) is 145. The third-order valence-corrected chi connectivity index (χ3v) is 30.7. The molecular weight excluding hydrogens is 1880 g/mol. The fraction of sp³-hybridized carbons (Fsp3) is 0.393. The molecule has 766 valence electrons. The first-order valence-electron chi connectivity index (χ1n) is 51.7. The van der Waals surface area contributed by atoms with Gasteiger partial charge in [-0.3, -0.25) is 72.8 Å². The number of hydrogen-bond donors (Lipinski definition) is 7. The lowest BCUT2D eigenvalue weighted by molar-refractivity contribution is -0.133. The van der Waals surface area contributed by atoms with Crippen LogP contribution < -0.4 is 39.3 Å². The molecule has 0 spiro atoms. The Morgan fingerprint density at radius 3 is 1.54 bits per heavy atom. The van der Waals surface area contributed by atoms with Crippen molar-refractivity contribution >= 4 is 106 Å². The van der Waals surface area contributed by atoms with Gasteiger partial charge in [0.1, 0.15) is 11.2 Å². The van der Waals surface area contributed by atoms with Gasteiger partial charge in [-0.15, -0.1) is 0 Å². The first kappa shape index (κ1) is 106. The van der Waals surface area contributed by atoms with E-state index in [1.807, 2.05) is 170 Å². The Bertz CT molecular complexity index is 6680. The van der Waals surface area contributed by atoms with Crippen LogP contribution in [0.5, 0.6) is 0 Å². The number of nitrogens with two attached hydrogens (primary N) is 5. The van der Waals surface area contributed by atoms with Crippen molar-refractivity contribution in [2.75, 3.05) is 52.1 Å². The molecule has 0 radical (unpaired) electrons. The lowest BCUT2D eigenvalue weighted by Gasteiger charge is -2.35. The summed E-state index contributed by atoms with van der Waals surface area (Å²) in [6, 6.07) is 73.2. The molecule has 8 heterocycles. The Balaban J connectivity index is 0.000000132. The molecule has 4 aliphatic carbocycles. The third-order valence-electron chi connectivity index (χ3n) is 30.2. The summed E-state index contributed by atoms with van der Waals surface area (Å²) >= 11 is 12.3. The highest BCUT2D eigenvalue weighted by atomic mass is 35.5. The molecule has 4 unspecified atom stereocenters. The molecule has 7 atom stereocenters. The van der Waals surface area contributed by atoms with Gasteiger partial charge in [-0.1, -0.05) is 253 Å². The van der Waals surface area contributed by atoms with Crippen LogP contribution in [0, 0.1) is 49.4 Å². The Morgan fingerprint density at radius 1 is 0.469 bits per heavy atom. The number of carbonyl (C=O) groups excluding carboxylic acids is 8. The molecule has 20 rings (SSSR count). The standard InChI is InChI=1S/C26H39N5O2.C25H30N4O2.2C22H24ClN3O.C22H19N5O2/c1-18-11-12-21(17-28-18)23(32)29-22-10-6-9-20(15-22)16-26(24(33)31(2)25(27)30-26)14-13-19-7-4-3-5-8-19;1-17-6-4-7-20(14-17)21-8-5-9-22(15-21)25(3)23(31)29(24(26)27-25)16-19-10-12-28(13-11-19)18(2)30;1-14(2)13-26-20(27)22(17-9-10-17,25-21(26)24)18-7-3-5-15(11-18)16-6-4-8-19(23)12-16;1-2-3-12-26-20(27)22(17-10-11-17,25-21(26)24)18-8-4-6-15(13-18)16-7-5-9-19(23)14-16;1-27-20(29)22(26-21(27)23,15-8-3-2-4-9-15)16-10-7-11-17(14-16)25-19(28)18-12-5-6-13-24-18/h11-12,17,19-20,22H,3-10,13-16H2,1-2H3,(H2,27,30)(H,29,32);4-9,14-15,19H,10-13,16H2,1-3H3,(H2,26,27);3-8,11-12,14,17H,9-10,13H2,1-2H3,(H2,24,25);4-9,13-14,17H,2-3,10-12H2,1H3,(H2,24,25);2-14H,1H3,(H2,23,26)(H,25,28)/t20-,22+,26+;;;;/m0..../s1. The summed E-state index contributed by atoms with van der Waals surface area (Å²) < 4.78 is 0. The van der Waals surface area contributed by atoms with Crippen LogP contribution in [0.3, 0.4) is 0 Å². The predicted octanol–water partition coefficient (Wildman–Crippen LogP) is 18.6. The second-order valence-electron chi connectivity index (χ2n) is 41.3. The van der Waals surface area contributed by atoms with Crippen LogP contribution in [0.15, 0.2) is 268 Å². The second kappa shape index (κ2) is 45.8. The number of hydrogen-bond acceptors (Lipinski definition) is 20. The number of guanidine groups is 5. The molecule has 8 amide bonds. The van der Waals surface area contributed by atoms with Crippen molar-refractivity contribution in [2.24, 2.45) is 89.1 Å². The first-order chi connectivity index (χ1) is 70.6. The van der Waals surface area contributed by atoms with E-state index in [1.165, 1.54) is 47.5 Å². The van der Waals surface area contributed by atoms with Gasteiger partial charge in [-0.2, -0.15) is 0 Å². The smallest absolute Gasteiger partial charge is 0.274 e. The number of carbonyl (C=O) groups is 8. The summed E-state index contributed by atoms with van der Waals surface area (Å²) in [6.45, 7) is 16.9. The minimum Gasteiger partial charge on any atom is -0.369 e. The molecule has 28 nitrogen and oxygen atoms in total. The first-order valence-corrected chi connectivity index (χ1v) is 52.5. The minimum absolute atomic E-state index is 0.0134. The van der Waals surface area contributed by atoms with Gasteiger partial charge in [-0.05, 0) is 273 Å². The predicted molar refractivity (Wildman–Crippen MR) is 581 cm³/mol. The molecule has 147 heavy (non-hydrogen) atoms. The van der Waals surface area contributed by atoms with E-state index in [9.17, 15) is 38.4 Å². The van der Waals surface area contributed by atoms with E-state index in [-0.39, 0.29) is 77.1 Å². The number of nitrogens with one attached hydrogen (secondary N) is 2. The lowest BCUT2D eigenvalue weighted by Crippen LogP contribution is -2.46. The average molecular weight is 2020 g/mol. The highest BCUT2D eigenvalue weighted by Crippen LogP contribution is 2.55. The number of piperidine rings is 1. The molecule has 2 aromatic heterocycles. The van der Waals surface area contributed by atoms with Gasteiger partial charge in [0.15, 0.2) is 52.0 Å². The minimum atomic E-state index is -1.30. The number of rotatable bonds is 26. The van der Waals surface area contributed by atoms with Gasteiger partial charge in [0.05, 0.1) is 5.56 Å². The molecule has 5 fully saturated rings. The summed E-state index contributed by atoms with van der Waals surface area (Å²) in [5.41, 5.74) is 39.7. The zero-order valence-electron chi connectivity index (χ0n) is 85.5. The number of aliphatic imine (C=N–C) groups is 5. The van der Waals surface area contributed by atoms with Crippen LogP contribution >= 0.6 is 23.2 Å². The molecule has 1 saturated heterocycles. The largest absolute Gasteiger partial charge is 0.369 e. The van der Waals surface area contributed by atoms with Crippen LogP contribution in [0.2, 0.25) is 10.0 Å². The number of aromatic nitrogens is 2. The molecular formula is C117H136Cl2N20O8. The van der Waals surface area contributed by atoms with Gasteiger partial charge in [0, 0.05) is 93.6 Å². The molecule has 12 N–H and O–H groups in total. The maximum absolute atomic E-state index is 13.5. The number of aryl methyl sites for hydroxylation is 2. The van der Waals surface area contributed by atoms with Gasteiger partial charge >= 0.3 is 0 Å². The maximum Gasteiger partial charge on any atom is 0.274 e. The number of likely N-dealkylation sites (tertiary alicyclic amines) is 1. The van der Waals surface area contributed by atoms with Gasteiger partial charge < -0.3 is 44.2 Å². The van der Waals surface area contributed by atoms with Crippen LogP contribution in [-0.2, 0) is 50.9 Å². The lowest BCUT2D eigenvalue weighted by atomic mass is 9.74. The number of pyridine rings is 2. The Hall–Kier alpha value is -14.3. The molecule has 4 saturated carbocycles. The van der Waals surface area contributed by atoms with Gasteiger partial charge in [0.25, 0.3) is 41.4 Å².